The number of methoxy groups -OCH3 is 1. The van der Waals surface area contributed by atoms with Gasteiger partial charge in [0.2, 0.25) is 5.91 Å². The Bertz CT molecular complexity index is 665. The minimum Gasteiger partial charge on any atom is -0.497 e. The van der Waals surface area contributed by atoms with Crippen LogP contribution < -0.4 is 10.2 Å². The molecular weight excluding hydrogens is 276 g/mol. The number of carbonyl (C=O) groups is 1. The molecule has 0 radical (unpaired) electrons. The summed E-state index contributed by atoms with van der Waals surface area (Å²) in [6.07, 6.45) is 2.53. The minimum atomic E-state index is -0.0152. The third-order valence-corrected chi connectivity index (χ3v) is 3.86. The second-order valence-corrected chi connectivity index (χ2v) is 5.37. The molecule has 1 fully saturated rings. The molecule has 2 atom stereocenters. The molecule has 0 aliphatic heterocycles. The highest BCUT2D eigenvalue weighted by atomic mass is 16.5. The molecule has 1 aliphatic rings. The van der Waals surface area contributed by atoms with Crippen molar-refractivity contribution in [3.63, 3.8) is 0 Å². The van der Waals surface area contributed by atoms with Crippen LogP contribution >= 0.6 is 0 Å². The van der Waals surface area contributed by atoms with Gasteiger partial charge in [0.05, 0.1) is 13.3 Å². The summed E-state index contributed by atoms with van der Waals surface area (Å²) in [5.41, 5.74) is 4.76. The molecule has 4 heteroatoms. The van der Waals surface area contributed by atoms with E-state index in [9.17, 15) is 4.79 Å². The SMILES string of the molecule is COc1ccc(/C=N\NC(=O)[C@@H]2C[C@@H]2c2ccccc2)cc1. The predicted octanol–water partition coefficient (Wildman–Crippen LogP) is 2.95. The Morgan fingerprint density at radius 1 is 1.18 bits per heavy atom. The fraction of sp³-hybridized carbons (Fsp3) is 0.222. The van der Waals surface area contributed by atoms with Gasteiger partial charge in [-0.3, -0.25) is 4.79 Å². The van der Waals surface area contributed by atoms with Crippen molar-refractivity contribution in [2.75, 3.05) is 7.11 Å². The Kier molecular flexibility index (Phi) is 4.19. The maximum absolute atomic E-state index is 12.0. The fourth-order valence-electron chi connectivity index (χ4n) is 2.50. The number of hydrogen-bond donors (Lipinski definition) is 1. The molecule has 0 heterocycles. The molecule has 4 nitrogen and oxygen atoms in total. The maximum atomic E-state index is 12.0. The highest BCUT2D eigenvalue weighted by Gasteiger charge is 2.43. The summed E-state index contributed by atoms with van der Waals surface area (Å²) in [5, 5.41) is 4.02. The van der Waals surface area contributed by atoms with Gasteiger partial charge >= 0.3 is 0 Å². The summed E-state index contributed by atoms with van der Waals surface area (Å²) in [6.45, 7) is 0. The van der Waals surface area contributed by atoms with Crippen LogP contribution in [-0.4, -0.2) is 19.2 Å². The Morgan fingerprint density at radius 3 is 2.59 bits per heavy atom. The lowest BCUT2D eigenvalue weighted by atomic mass is 10.1. The van der Waals surface area contributed by atoms with E-state index in [0.717, 1.165) is 17.7 Å². The van der Waals surface area contributed by atoms with Gasteiger partial charge in [0, 0.05) is 5.92 Å². The number of nitrogens with one attached hydrogen (secondary N) is 1. The zero-order valence-corrected chi connectivity index (χ0v) is 12.4. The third-order valence-electron chi connectivity index (χ3n) is 3.86. The predicted molar refractivity (Wildman–Crippen MR) is 86.0 cm³/mol. The van der Waals surface area contributed by atoms with Crippen molar-refractivity contribution in [2.45, 2.75) is 12.3 Å². The average Bonchev–Trinajstić information content (AvgIpc) is 3.37. The molecule has 0 spiro atoms. The van der Waals surface area contributed by atoms with Gasteiger partial charge in [-0.2, -0.15) is 5.10 Å². The highest BCUT2D eigenvalue weighted by Crippen LogP contribution is 2.47. The van der Waals surface area contributed by atoms with Crippen molar-refractivity contribution in [3.8, 4) is 5.75 Å². The molecule has 0 unspecified atom stereocenters. The molecule has 1 amide bonds. The number of rotatable bonds is 5. The average molecular weight is 294 g/mol. The summed E-state index contributed by atoms with van der Waals surface area (Å²) in [4.78, 5) is 12.0. The lowest BCUT2D eigenvalue weighted by molar-refractivity contribution is -0.122. The lowest BCUT2D eigenvalue weighted by Gasteiger charge is -2.01. The van der Waals surface area contributed by atoms with E-state index in [1.54, 1.807) is 13.3 Å². The van der Waals surface area contributed by atoms with Crippen LogP contribution in [0.5, 0.6) is 5.75 Å². The molecule has 1 aliphatic carbocycles. The van der Waals surface area contributed by atoms with Crippen molar-refractivity contribution in [1.29, 1.82) is 0 Å². The summed E-state index contributed by atoms with van der Waals surface area (Å²) in [7, 11) is 1.63. The van der Waals surface area contributed by atoms with Crippen LogP contribution in [0.3, 0.4) is 0 Å². The Hall–Kier alpha value is -2.62. The van der Waals surface area contributed by atoms with Crippen molar-refractivity contribution in [2.24, 2.45) is 11.0 Å². The summed E-state index contributed by atoms with van der Waals surface area (Å²) < 4.78 is 5.09. The Labute approximate surface area is 129 Å². The second-order valence-electron chi connectivity index (χ2n) is 5.37. The van der Waals surface area contributed by atoms with E-state index in [1.165, 1.54) is 5.56 Å². The van der Waals surface area contributed by atoms with E-state index in [4.69, 9.17) is 4.74 Å². The second kappa shape index (κ2) is 6.43. The van der Waals surface area contributed by atoms with Crippen LogP contribution in [0.4, 0.5) is 0 Å². The van der Waals surface area contributed by atoms with Crippen molar-refractivity contribution in [3.05, 3.63) is 65.7 Å². The number of hydrazone groups is 1. The van der Waals surface area contributed by atoms with E-state index in [-0.39, 0.29) is 11.8 Å². The van der Waals surface area contributed by atoms with E-state index in [1.807, 2.05) is 42.5 Å². The van der Waals surface area contributed by atoms with E-state index < -0.39 is 0 Å². The first-order chi connectivity index (χ1) is 10.8. The van der Waals surface area contributed by atoms with Crippen molar-refractivity contribution < 1.29 is 9.53 Å². The number of carbonyl (C=O) groups excluding carboxylic acids is 1. The van der Waals surface area contributed by atoms with Gasteiger partial charge in [-0.1, -0.05) is 30.3 Å². The van der Waals surface area contributed by atoms with Crippen molar-refractivity contribution >= 4 is 12.1 Å². The van der Waals surface area contributed by atoms with Gasteiger partial charge in [0.1, 0.15) is 5.75 Å². The molecule has 0 saturated heterocycles. The number of nitrogens with zero attached hydrogens (tertiary/aromatic N) is 1. The van der Waals surface area contributed by atoms with E-state index in [0.29, 0.717) is 5.92 Å². The van der Waals surface area contributed by atoms with Gasteiger partial charge in [-0.25, -0.2) is 5.43 Å². The molecule has 3 rings (SSSR count). The topological polar surface area (TPSA) is 50.7 Å². The zero-order chi connectivity index (χ0) is 15.4. The number of hydrogen-bond acceptors (Lipinski definition) is 3. The molecule has 1 saturated carbocycles. The van der Waals surface area contributed by atoms with Crippen molar-refractivity contribution in [1.82, 2.24) is 5.43 Å². The summed E-state index contributed by atoms with van der Waals surface area (Å²) in [6, 6.07) is 17.6. The Balaban J connectivity index is 1.51. The lowest BCUT2D eigenvalue weighted by Crippen LogP contribution is -2.20. The number of benzene rings is 2. The fourth-order valence-corrected chi connectivity index (χ4v) is 2.50. The van der Waals surface area contributed by atoms with Crippen LogP contribution in [-0.2, 0) is 4.79 Å². The van der Waals surface area contributed by atoms with Gasteiger partial charge in [0.25, 0.3) is 0 Å². The zero-order valence-electron chi connectivity index (χ0n) is 12.4. The summed E-state index contributed by atoms with van der Waals surface area (Å²) >= 11 is 0. The molecular formula is C18H18N2O2. The van der Waals surface area contributed by atoms with Crippen LogP contribution in [0, 0.1) is 5.92 Å². The number of ether oxygens (including phenoxy) is 1. The van der Waals surface area contributed by atoms with Gasteiger partial charge in [0.15, 0.2) is 0 Å². The molecule has 2 aromatic rings. The smallest absolute Gasteiger partial charge is 0.243 e. The maximum Gasteiger partial charge on any atom is 0.243 e. The first-order valence-corrected chi connectivity index (χ1v) is 7.30. The largest absolute Gasteiger partial charge is 0.497 e. The van der Waals surface area contributed by atoms with Crippen LogP contribution in [0.2, 0.25) is 0 Å². The van der Waals surface area contributed by atoms with E-state index >= 15 is 0 Å². The third kappa shape index (κ3) is 3.34. The molecule has 1 N–H and O–H groups in total. The van der Waals surface area contributed by atoms with Crippen LogP contribution in [0.25, 0.3) is 0 Å². The van der Waals surface area contributed by atoms with Crippen LogP contribution in [0.1, 0.15) is 23.5 Å². The first kappa shape index (κ1) is 14.3. The van der Waals surface area contributed by atoms with Gasteiger partial charge in [-0.05, 0) is 47.7 Å². The molecule has 22 heavy (non-hydrogen) atoms. The minimum absolute atomic E-state index is 0.0152. The first-order valence-electron chi connectivity index (χ1n) is 7.30. The standard InChI is InChI=1S/C18H18N2O2/c1-22-15-9-7-13(8-10-15)12-19-20-18(21)17-11-16(17)14-5-3-2-4-6-14/h2-10,12,16-17H,11H2,1H3,(H,20,21)/b19-12-/t16-,17-/m1/s1. The number of amides is 1. The monoisotopic (exact) mass is 294 g/mol. The van der Waals surface area contributed by atoms with Crippen LogP contribution in [0.15, 0.2) is 59.7 Å². The molecule has 0 bridgehead atoms. The quantitative estimate of drug-likeness (QED) is 0.681. The van der Waals surface area contributed by atoms with Gasteiger partial charge in [-0.15, -0.1) is 0 Å². The molecule has 2 aromatic carbocycles. The van der Waals surface area contributed by atoms with E-state index in [2.05, 4.69) is 22.7 Å². The molecule has 112 valence electrons. The summed E-state index contributed by atoms with van der Waals surface area (Å²) in [5.74, 6) is 1.15. The normalized spacial score (nSPS) is 19.9. The Morgan fingerprint density at radius 2 is 1.91 bits per heavy atom. The van der Waals surface area contributed by atoms with Gasteiger partial charge < -0.3 is 4.74 Å². The highest BCUT2D eigenvalue weighted by molar-refractivity contribution is 5.85. The molecule has 0 aromatic heterocycles.